The van der Waals surface area contributed by atoms with E-state index in [2.05, 4.69) is 5.16 Å². The average Bonchev–Trinajstić information content (AvgIpc) is 2.73. The lowest BCUT2D eigenvalue weighted by Crippen LogP contribution is -2.07. The van der Waals surface area contributed by atoms with E-state index in [1.165, 1.54) is 6.07 Å². The number of rotatable bonds is 3. The van der Waals surface area contributed by atoms with Gasteiger partial charge in [-0.25, -0.2) is 13.2 Å². The summed E-state index contributed by atoms with van der Waals surface area (Å²) in [5, 5.41) is 12.0. The molecule has 1 saturated heterocycles. The van der Waals surface area contributed by atoms with Crippen molar-refractivity contribution in [1.82, 2.24) is 5.16 Å². The summed E-state index contributed by atoms with van der Waals surface area (Å²) >= 11 is 0. The molecule has 0 bridgehead atoms. The molecule has 0 amide bonds. The molecule has 2 heterocycles. The van der Waals surface area contributed by atoms with Crippen LogP contribution in [0.15, 0.2) is 10.6 Å². The van der Waals surface area contributed by atoms with Crippen molar-refractivity contribution in [2.24, 2.45) is 5.92 Å². The first kappa shape index (κ1) is 11.1. The monoisotopic (exact) mass is 245 g/mol. The van der Waals surface area contributed by atoms with Crippen LogP contribution in [0.5, 0.6) is 0 Å². The van der Waals surface area contributed by atoms with Crippen LogP contribution >= 0.6 is 0 Å². The van der Waals surface area contributed by atoms with Gasteiger partial charge < -0.3 is 9.63 Å². The molecule has 1 fully saturated rings. The predicted octanol–water partition coefficient (Wildman–Crippen LogP) is 0.350. The molecule has 0 spiro atoms. The van der Waals surface area contributed by atoms with Crippen molar-refractivity contribution in [3.8, 4) is 0 Å². The molecular formula is C9H11NO5S. The van der Waals surface area contributed by atoms with Gasteiger partial charge in [-0.3, -0.25) is 0 Å². The first-order valence-electron chi connectivity index (χ1n) is 4.85. The summed E-state index contributed by atoms with van der Waals surface area (Å²) in [6, 6.07) is 1.34. The van der Waals surface area contributed by atoms with E-state index < -0.39 is 15.8 Å². The fourth-order valence-electron chi connectivity index (χ4n) is 1.83. The lowest BCUT2D eigenvalue weighted by Gasteiger charge is -2.02. The third kappa shape index (κ3) is 2.41. The molecule has 7 heteroatoms. The number of carboxylic acids is 1. The molecule has 1 N–H and O–H groups in total. The number of hydrogen-bond acceptors (Lipinski definition) is 5. The van der Waals surface area contributed by atoms with Crippen LogP contribution in [0.1, 0.15) is 22.7 Å². The smallest absolute Gasteiger partial charge is 0.358 e. The van der Waals surface area contributed by atoms with E-state index in [0.29, 0.717) is 18.6 Å². The number of carbonyl (C=O) groups is 1. The summed E-state index contributed by atoms with van der Waals surface area (Å²) in [5.74, 6) is -0.346. The highest BCUT2D eigenvalue weighted by atomic mass is 32.2. The van der Waals surface area contributed by atoms with Gasteiger partial charge in [0, 0.05) is 12.5 Å². The van der Waals surface area contributed by atoms with Crippen molar-refractivity contribution in [3.63, 3.8) is 0 Å². The second-order valence-electron chi connectivity index (χ2n) is 3.96. The number of nitrogens with zero attached hydrogens (tertiary/aromatic N) is 1. The SMILES string of the molecule is O=C(O)c1cc(CC2CCS(=O)(=O)C2)on1. The van der Waals surface area contributed by atoms with Gasteiger partial charge in [-0.15, -0.1) is 0 Å². The maximum absolute atomic E-state index is 11.2. The predicted molar refractivity (Wildman–Crippen MR) is 53.9 cm³/mol. The zero-order chi connectivity index (χ0) is 11.8. The van der Waals surface area contributed by atoms with Crippen LogP contribution in [0.2, 0.25) is 0 Å². The molecule has 0 radical (unpaired) electrons. The lowest BCUT2D eigenvalue weighted by atomic mass is 10.0. The van der Waals surface area contributed by atoms with Crippen molar-refractivity contribution in [2.75, 3.05) is 11.5 Å². The van der Waals surface area contributed by atoms with E-state index in [9.17, 15) is 13.2 Å². The molecule has 1 aliphatic rings. The van der Waals surface area contributed by atoms with Crippen LogP contribution < -0.4 is 0 Å². The highest BCUT2D eigenvalue weighted by Gasteiger charge is 2.29. The van der Waals surface area contributed by atoms with Crippen molar-refractivity contribution < 1.29 is 22.8 Å². The Labute approximate surface area is 92.2 Å². The van der Waals surface area contributed by atoms with Crippen molar-refractivity contribution in [3.05, 3.63) is 17.5 Å². The highest BCUT2D eigenvalue weighted by molar-refractivity contribution is 7.91. The summed E-state index contributed by atoms with van der Waals surface area (Å²) < 4.78 is 27.2. The third-order valence-electron chi connectivity index (χ3n) is 2.59. The second-order valence-corrected chi connectivity index (χ2v) is 6.19. The van der Waals surface area contributed by atoms with Crippen LogP contribution in [0, 0.1) is 5.92 Å². The fourth-order valence-corrected chi connectivity index (χ4v) is 3.69. The fraction of sp³-hybridized carbons (Fsp3) is 0.556. The van der Waals surface area contributed by atoms with Gasteiger partial charge in [-0.05, 0) is 12.3 Å². The van der Waals surface area contributed by atoms with Gasteiger partial charge >= 0.3 is 5.97 Å². The molecular weight excluding hydrogens is 234 g/mol. The Morgan fingerprint density at radius 3 is 2.88 bits per heavy atom. The molecule has 88 valence electrons. The van der Waals surface area contributed by atoms with Crippen molar-refractivity contribution >= 4 is 15.8 Å². The molecule has 2 rings (SSSR count). The first-order valence-corrected chi connectivity index (χ1v) is 6.68. The van der Waals surface area contributed by atoms with Crippen LogP contribution in [0.4, 0.5) is 0 Å². The Balaban J connectivity index is 2.02. The first-order chi connectivity index (χ1) is 7.46. The van der Waals surface area contributed by atoms with E-state index in [1.54, 1.807) is 0 Å². The molecule has 0 saturated carbocycles. The summed E-state index contributed by atoms with van der Waals surface area (Å²) in [6.45, 7) is 0. The van der Waals surface area contributed by atoms with Gasteiger partial charge in [-0.2, -0.15) is 0 Å². The van der Waals surface area contributed by atoms with Crippen molar-refractivity contribution in [1.29, 1.82) is 0 Å². The Kier molecular flexibility index (Phi) is 2.71. The quantitative estimate of drug-likeness (QED) is 0.825. The number of aromatic nitrogens is 1. The number of hydrogen-bond donors (Lipinski definition) is 1. The molecule has 1 atom stereocenters. The summed E-state index contributed by atoms with van der Waals surface area (Å²) in [4.78, 5) is 10.5. The van der Waals surface area contributed by atoms with Gasteiger partial charge in [0.2, 0.25) is 0 Å². The Hall–Kier alpha value is -1.37. The normalized spacial score (nSPS) is 23.4. The van der Waals surface area contributed by atoms with E-state index in [1.807, 2.05) is 0 Å². The van der Waals surface area contributed by atoms with Gasteiger partial charge in [0.1, 0.15) is 5.76 Å². The Bertz CT molecular complexity index is 504. The molecule has 1 aromatic rings. The van der Waals surface area contributed by atoms with Gasteiger partial charge in [0.05, 0.1) is 11.5 Å². The van der Waals surface area contributed by atoms with Gasteiger partial charge in [0.15, 0.2) is 15.5 Å². The zero-order valence-electron chi connectivity index (χ0n) is 8.42. The van der Waals surface area contributed by atoms with Crippen LogP contribution in [0.25, 0.3) is 0 Å². The highest BCUT2D eigenvalue weighted by Crippen LogP contribution is 2.22. The summed E-state index contributed by atoms with van der Waals surface area (Å²) in [7, 11) is -2.90. The third-order valence-corrected chi connectivity index (χ3v) is 4.43. The largest absolute Gasteiger partial charge is 0.476 e. The van der Waals surface area contributed by atoms with E-state index in [-0.39, 0.29) is 23.1 Å². The maximum atomic E-state index is 11.2. The maximum Gasteiger partial charge on any atom is 0.358 e. The molecule has 1 unspecified atom stereocenters. The summed E-state index contributed by atoms with van der Waals surface area (Å²) in [6.07, 6.45) is 1.03. The zero-order valence-corrected chi connectivity index (χ0v) is 9.24. The summed E-state index contributed by atoms with van der Waals surface area (Å²) in [5.41, 5.74) is -0.143. The van der Waals surface area contributed by atoms with E-state index >= 15 is 0 Å². The molecule has 6 nitrogen and oxygen atoms in total. The molecule has 1 aromatic heterocycles. The minimum Gasteiger partial charge on any atom is -0.476 e. The topological polar surface area (TPSA) is 97.5 Å². The van der Waals surface area contributed by atoms with Gasteiger partial charge in [0.25, 0.3) is 0 Å². The number of sulfone groups is 1. The molecule has 1 aliphatic heterocycles. The standard InChI is InChI=1S/C9H11NO5S/c11-9(12)8-4-7(15-10-8)3-6-1-2-16(13,14)5-6/h4,6H,1-3,5H2,(H,11,12). The molecule has 0 aromatic carbocycles. The Morgan fingerprint density at radius 2 is 2.38 bits per heavy atom. The van der Waals surface area contributed by atoms with Crippen LogP contribution in [-0.4, -0.2) is 36.2 Å². The van der Waals surface area contributed by atoms with E-state index in [0.717, 1.165) is 0 Å². The van der Waals surface area contributed by atoms with Crippen LogP contribution in [-0.2, 0) is 16.3 Å². The number of carboxylic acid groups (broad SMARTS) is 1. The molecule has 16 heavy (non-hydrogen) atoms. The minimum absolute atomic E-state index is 0.0135. The van der Waals surface area contributed by atoms with Crippen LogP contribution in [0.3, 0.4) is 0 Å². The molecule has 0 aliphatic carbocycles. The van der Waals surface area contributed by atoms with Gasteiger partial charge in [-0.1, -0.05) is 5.16 Å². The second kappa shape index (κ2) is 3.89. The lowest BCUT2D eigenvalue weighted by molar-refractivity contribution is 0.0685. The van der Waals surface area contributed by atoms with E-state index in [4.69, 9.17) is 9.63 Å². The van der Waals surface area contributed by atoms with Crippen molar-refractivity contribution in [2.45, 2.75) is 12.8 Å². The average molecular weight is 245 g/mol. The minimum atomic E-state index is -2.90. The Morgan fingerprint density at radius 1 is 1.62 bits per heavy atom. The number of aromatic carboxylic acids is 1.